The van der Waals surface area contributed by atoms with Gasteiger partial charge in [-0.15, -0.1) is 0 Å². The number of nitrogens with zero attached hydrogens (tertiary/aromatic N) is 4. The third-order valence-corrected chi connectivity index (χ3v) is 5.15. The molecule has 1 fully saturated rings. The maximum atomic E-state index is 10.2. The third kappa shape index (κ3) is 3.40. The van der Waals surface area contributed by atoms with Crippen molar-refractivity contribution in [3.05, 3.63) is 53.0 Å². The molecule has 1 aromatic carbocycles. The molecule has 1 aliphatic heterocycles. The maximum Gasteiger partial charge on any atom is 0.192 e. The number of aliphatic hydroxyl groups excluding tert-OH is 3. The minimum absolute atomic E-state index is 0.00852. The molecule has 4 rings (SSSR count). The van der Waals surface area contributed by atoms with Crippen LogP contribution >= 0.6 is 0 Å². The van der Waals surface area contributed by atoms with Crippen LogP contribution in [0.2, 0.25) is 0 Å². The van der Waals surface area contributed by atoms with Crippen molar-refractivity contribution in [2.45, 2.75) is 45.0 Å². The van der Waals surface area contributed by atoms with Crippen LogP contribution < -0.4 is 10.3 Å². The van der Waals surface area contributed by atoms with E-state index in [0.717, 1.165) is 16.7 Å². The summed E-state index contributed by atoms with van der Waals surface area (Å²) in [6, 6.07) is 6.08. The number of ether oxygens (including phenoxy) is 1. The van der Waals surface area contributed by atoms with Gasteiger partial charge in [-0.25, -0.2) is 9.97 Å². The fraction of sp³-hybridized carbons (Fsp3) is 0.421. The monoisotopic (exact) mass is 401 g/mol. The predicted molar refractivity (Wildman–Crippen MR) is 101 cm³/mol. The van der Waals surface area contributed by atoms with E-state index in [1.165, 1.54) is 22.0 Å². The first-order valence-electron chi connectivity index (χ1n) is 9.21. The van der Waals surface area contributed by atoms with E-state index in [1.807, 2.05) is 32.0 Å². The van der Waals surface area contributed by atoms with Gasteiger partial charge in [-0.2, -0.15) is 4.73 Å². The Balaban J connectivity index is 1.61. The molecule has 10 heteroatoms. The molecule has 0 spiro atoms. The van der Waals surface area contributed by atoms with E-state index in [0.29, 0.717) is 5.65 Å². The van der Waals surface area contributed by atoms with Gasteiger partial charge in [-0.1, -0.05) is 23.8 Å². The minimum atomic E-state index is -1.26. The van der Waals surface area contributed by atoms with Crippen LogP contribution in [0.5, 0.6) is 0 Å². The van der Waals surface area contributed by atoms with Crippen LogP contribution in [0.4, 0.5) is 0 Å². The Bertz CT molecular complexity index is 1090. The van der Waals surface area contributed by atoms with E-state index in [2.05, 4.69) is 9.97 Å². The Kier molecular flexibility index (Phi) is 5.09. The molecular formula is C19H23N5O5. The third-order valence-electron chi connectivity index (χ3n) is 5.15. The molecule has 4 atom stereocenters. The van der Waals surface area contributed by atoms with E-state index in [-0.39, 0.29) is 17.6 Å². The Morgan fingerprint density at radius 2 is 1.97 bits per heavy atom. The standard InChI is InChI=1S/C19H23N5O5/c1-10-3-4-11(2)12(5-10)7-28-24-9-22-18-14(17(24)20)21-8-23(18)19-16(27)15(26)13(6-25)29-19/h3-5,8-9,13,15-16,19-20,25-27H,6-7H2,1-2H3/t13-,15-,16-,19-/m1/s1. The van der Waals surface area contributed by atoms with E-state index in [1.54, 1.807) is 0 Å². The minimum Gasteiger partial charge on any atom is -0.406 e. The molecule has 0 unspecified atom stereocenters. The summed E-state index contributed by atoms with van der Waals surface area (Å²) in [5.74, 6) is 0. The Hall–Kier alpha value is -2.79. The summed E-state index contributed by atoms with van der Waals surface area (Å²) in [6.45, 7) is 3.84. The molecule has 3 aromatic rings. The first kappa shape index (κ1) is 19.5. The molecule has 4 N–H and O–H groups in total. The number of imidazole rings is 1. The largest absolute Gasteiger partial charge is 0.406 e. The smallest absolute Gasteiger partial charge is 0.192 e. The number of nitrogens with one attached hydrogen (secondary N) is 1. The fourth-order valence-corrected chi connectivity index (χ4v) is 3.41. The average molecular weight is 401 g/mol. The Morgan fingerprint density at radius 3 is 2.69 bits per heavy atom. The van der Waals surface area contributed by atoms with Crippen molar-refractivity contribution in [2.24, 2.45) is 0 Å². The maximum absolute atomic E-state index is 10.2. The average Bonchev–Trinajstić information content (AvgIpc) is 3.25. The van der Waals surface area contributed by atoms with Gasteiger partial charge in [0.2, 0.25) is 0 Å². The van der Waals surface area contributed by atoms with Crippen molar-refractivity contribution in [2.75, 3.05) is 6.61 Å². The van der Waals surface area contributed by atoms with Gasteiger partial charge in [0.25, 0.3) is 0 Å². The lowest BCUT2D eigenvalue weighted by molar-refractivity contribution is -0.0511. The number of hydrogen-bond acceptors (Lipinski definition) is 8. The molecule has 0 saturated carbocycles. The molecule has 2 aromatic heterocycles. The van der Waals surface area contributed by atoms with E-state index in [4.69, 9.17) is 15.0 Å². The molecular weight excluding hydrogens is 378 g/mol. The SMILES string of the molecule is Cc1ccc(C)c(COn2cnc3c(ncn3[C@@H]3O[C@H](CO)[C@@H](O)[C@H]3O)c2=N)c1. The lowest BCUT2D eigenvalue weighted by Crippen LogP contribution is -2.33. The number of benzene rings is 1. The second-order valence-electron chi connectivity index (χ2n) is 7.18. The van der Waals surface area contributed by atoms with Gasteiger partial charge >= 0.3 is 0 Å². The summed E-state index contributed by atoms with van der Waals surface area (Å²) in [5.41, 5.74) is 3.77. The second-order valence-corrected chi connectivity index (χ2v) is 7.18. The molecule has 3 heterocycles. The van der Waals surface area contributed by atoms with Crippen molar-refractivity contribution in [3.63, 3.8) is 0 Å². The lowest BCUT2D eigenvalue weighted by atomic mass is 10.1. The van der Waals surface area contributed by atoms with Gasteiger partial charge in [0.05, 0.1) is 12.9 Å². The molecule has 1 aliphatic rings. The topological polar surface area (TPSA) is 139 Å². The first-order valence-corrected chi connectivity index (χ1v) is 9.21. The summed E-state index contributed by atoms with van der Waals surface area (Å²) < 4.78 is 8.19. The molecule has 0 radical (unpaired) electrons. The summed E-state index contributed by atoms with van der Waals surface area (Å²) in [6.07, 6.45) is -1.62. The first-order chi connectivity index (χ1) is 13.9. The van der Waals surface area contributed by atoms with Crippen LogP contribution in [0, 0.1) is 19.3 Å². The van der Waals surface area contributed by atoms with E-state index >= 15 is 0 Å². The van der Waals surface area contributed by atoms with Crippen LogP contribution in [0.25, 0.3) is 11.2 Å². The van der Waals surface area contributed by atoms with Crippen LogP contribution in [0.15, 0.2) is 30.9 Å². The zero-order valence-electron chi connectivity index (χ0n) is 16.1. The quantitative estimate of drug-likeness (QED) is 0.455. The van der Waals surface area contributed by atoms with Crippen LogP contribution in [0.3, 0.4) is 0 Å². The van der Waals surface area contributed by atoms with Gasteiger partial charge in [-0.05, 0) is 25.0 Å². The molecule has 0 aliphatic carbocycles. The highest BCUT2D eigenvalue weighted by molar-refractivity contribution is 5.68. The Morgan fingerprint density at radius 1 is 1.17 bits per heavy atom. The molecule has 29 heavy (non-hydrogen) atoms. The summed E-state index contributed by atoms with van der Waals surface area (Å²) in [5, 5.41) is 37.8. The second kappa shape index (κ2) is 7.56. The number of aromatic nitrogens is 4. The van der Waals surface area contributed by atoms with E-state index < -0.39 is 31.1 Å². The highest BCUT2D eigenvalue weighted by Crippen LogP contribution is 2.30. The summed E-state index contributed by atoms with van der Waals surface area (Å²) >= 11 is 0. The van der Waals surface area contributed by atoms with Gasteiger partial charge in [-0.3, -0.25) is 9.98 Å². The van der Waals surface area contributed by atoms with Crippen molar-refractivity contribution >= 4 is 11.2 Å². The van der Waals surface area contributed by atoms with Crippen molar-refractivity contribution in [3.8, 4) is 0 Å². The van der Waals surface area contributed by atoms with Crippen molar-refractivity contribution < 1.29 is 24.9 Å². The van der Waals surface area contributed by atoms with Crippen LogP contribution in [-0.2, 0) is 11.3 Å². The Labute approximate surface area is 166 Å². The molecule has 0 amide bonds. The number of fused-ring (bicyclic) bond motifs is 1. The van der Waals surface area contributed by atoms with Gasteiger partial charge in [0, 0.05) is 0 Å². The highest BCUT2D eigenvalue weighted by atomic mass is 16.7. The predicted octanol–water partition coefficient (Wildman–Crippen LogP) is -0.431. The number of hydrogen-bond donors (Lipinski definition) is 4. The van der Waals surface area contributed by atoms with Crippen molar-refractivity contribution in [1.29, 1.82) is 5.41 Å². The zero-order chi connectivity index (χ0) is 20.7. The van der Waals surface area contributed by atoms with Gasteiger partial charge in [0.15, 0.2) is 22.9 Å². The molecule has 10 nitrogen and oxygen atoms in total. The van der Waals surface area contributed by atoms with Crippen molar-refractivity contribution in [1.82, 2.24) is 19.3 Å². The lowest BCUT2D eigenvalue weighted by Gasteiger charge is -2.16. The number of rotatable bonds is 5. The van der Waals surface area contributed by atoms with Crippen LogP contribution in [0.1, 0.15) is 22.9 Å². The summed E-state index contributed by atoms with van der Waals surface area (Å²) in [7, 11) is 0. The van der Waals surface area contributed by atoms with Crippen LogP contribution in [-0.4, -0.2) is 59.5 Å². The highest BCUT2D eigenvalue weighted by Gasteiger charge is 2.44. The molecule has 0 bridgehead atoms. The number of aliphatic hydroxyl groups is 3. The van der Waals surface area contributed by atoms with Gasteiger partial charge < -0.3 is 24.9 Å². The van der Waals surface area contributed by atoms with Gasteiger partial charge in [0.1, 0.15) is 31.2 Å². The normalized spacial score (nSPS) is 24.3. The molecule has 154 valence electrons. The summed E-state index contributed by atoms with van der Waals surface area (Å²) in [4.78, 5) is 14.2. The van der Waals surface area contributed by atoms with E-state index in [9.17, 15) is 15.3 Å². The zero-order valence-corrected chi connectivity index (χ0v) is 16.1. The number of aryl methyl sites for hydroxylation is 2. The fourth-order valence-electron chi connectivity index (χ4n) is 3.41. The molecule has 1 saturated heterocycles.